The number of nitrogens with two attached hydrogens (primary N) is 1. The smallest absolute Gasteiger partial charge is 0.325 e. The average molecular weight is 469 g/mol. The molecule has 0 radical (unpaired) electrons. The standard InChI is InChI=1S/C21H32N4O6S/c1-11(2)8-15(22)18(27)25-17(10-32)20(29)24-16(19(28)23-12(3)21(30)31)9-13-4-6-14(26)7-5-13/h4-7,11-12,15-17,26,32H,8-10,22H2,1-3H3,(H,23,28)(H,24,29)(H,25,27)(H,30,31). The molecule has 7 N–H and O–H groups in total. The van der Waals surface area contributed by atoms with Crippen molar-refractivity contribution in [3.05, 3.63) is 29.8 Å². The van der Waals surface area contributed by atoms with Crippen LogP contribution in [-0.4, -0.2) is 63.8 Å². The molecule has 1 aromatic carbocycles. The predicted molar refractivity (Wildman–Crippen MR) is 122 cm³/mol. The molecule has 0 aliphatic carbocycles. The molecule has 0 aliphatic rings. The van der Waals surface area contributed by atoms with Crippen LogP contribution in [0, 0.1) is 5.92 Å². The van der Waals surface area contributed by atoms with Gasteiger partial charge >= 0.3 is 5.97 Å². The second kappa shape index (κ2) is 12.9. The Morgan fingerprint density at radius 1 is 0.938 bits per heavy atom. The maximum absolute atomic E-state index is 12.8. The number of carboxylic acids is 1. The van der Waals surface area contributed by atoms with Gasteiger partial charge in [-0.05, 0) is 37.0 Å². The SMILES string of the molecule is CC(C)CC(N)C(=O)NC(CS)C(=O)NC(Cc1ccc(O)cc1)C(=O)NC(C)C(=O)O. The average Bonchev–Trinajstić information content (AvgIpc) is 2.71. The van der Waals surface area contributed by atoms with Crippen molar-refractivity contribution in [1.29, 1.82) is 0 Å². The number of aliphatic carboxylic acids is 1. The summed E-state index contributed by atoms with van der Waals surface area (Å²) in [6, 6.07) is 1.87. The van der Waals surface area contributed by atoms with Crippen LogP contribution in [0.25, 0.3) is 0 Å². The van der Waals surface area contributed by atoms with Crippen LogP contribution in [0.4, 0.5) is 0 Å². The fourth-order valence-electron chi connectivity index (χ4n) is 2.81. The van der Waals surface area contributed by atoms with Crippen LogP contribution in [0.15, 0.2) is 24.3 Å². The van der Waals surface area contributed by atoms with Crippen LogP contribution < -0.4 is 21.7 Å². The first kappa shape index (κ1) is 27.2. The number of hydrogen-bond donors (Lipinski definition) is 7. The molecule has 0 saturated carbocycles. The van der Waals surface area contributed by atoms with Crippen LogP contribution in [-0.2, 0) is 25.6 Å². The zero-order valence-electron chi connectivity index (χ0n) is 18.4. The van der Waals surface area contributed by atoms with Crippen LogP contribution in [0.3, 0.4) is 0 Å². The third kappa shape index (κ3) is 9.15. The van der Waals surface area contributed by atoms with Gasteiger partial charge in [0.2, 0.25) is 17.7 Å². The highest BCUT2D eigenvalue weighted by atomic mass is 32.1. The number of rotatable bonds is 12. The van der Waals surface area contributed by atoms with Gasteiger partial charge in [-0.15, -0.1) is 0 Å². The monoisotopic (exact) mass is 468 g/mol. The molecule has 0 aromatic heterocycles. The highest BCUT2D eigenvalue weighted by Gasteiger charge is 2.29. The zero-order valence-corrected chi connectivity index (χ0v) is 19.3. The van der Waals surface area contributed by atoms with Crippen LogP contribution in [0.1, 0.15) is 32.8 Å². The summed E-state index contributed by atoms with van der Waals surface area (Å²) in [7, 11) is 0. The first-order chi connectivity index (χ1) is 14.9. The van der Waals surface area contributed by atoms with E-state index in [4.69, 9.17) is 10.8 Å². The molecule has 0 spiro atoms. The highest BCUT2D eigenvalue weighted by molar-refractivity contribution is 7.80. The van der Waals surface area contributed by atoms with E-state index in [1.165, 1.54) is 19.1 Å². The molecule has 4 atom stereocenters. The molecule has 0 bridgehead atoms. The number of carbonyl (C=O) groups excluding carboxylic acids is 3. The largest absolute Gasteiger partial charge is 0.508 e. The lowest BCUT2D eigenvalue weighted by atomic mass is 10.0. The zero-order chi connectivity index (χ0) is 24.4. The summed E-state index contributed by atoms with van der Waals surface area (Å²) in [5.74, 6) is -2.92. The summed E-state index contributed by atoms with van der Waals surface area (Å²) in [5, 5.41) is 25.9. The minimum Gasteiger partial charge on any atom is -0.508 e. The Morgan fingerprint density at radius 2 is 1.47 bits per heavy atom. The number of thiol groups is 1. The van der Waals surface area contributed by atoms with Crippen molar-refractivity contribution in [2.75, 3.05) is 5.75 Å². The number of hydrogen-bond acceptors (Lipinski definition) is 7. The Labute approximate surface area is 192 Å². The lowest BCUT2D eigenvalue weighted by Gasteiger charge is -2.24. The first-order valence-corrected chi connectivity index (χ1v) is 10.9. The van der Waals surface area contributed by atoms with E-state index < -0.39 is 47.9 Å². The Balaban J connectivity index is 2.95. The summed E-state index contributed by atoms with van der Waals surface area (Å²) < 4.78 is 0. The second-order valence-corrected chi connectivity index (χ2v) is 8.35. The highest BCUT2D eigenvalue weighted by Crippen LogP contribution is 2.12. The van der Waals surface area contributed by atoms with Gasteiger partial charge in [-0.25, -0.2) is 0 Å². The fraction of sp³-hybridized carbons (Fsp3) is 0.524. The predicted octanol–water partition coefficient (Wildman–Crippen LogP) is -0.203. The second-order valence-electron chi connectivity index (χ2n) is 7.98. The third-order valence-electron chi connectivity index (χ3n) is 4.62. The molecule has 4 unspecified atom stereocenters. The Morgan fingerprint density at radius 3 is 1.97 bits per heavy atom. The number of phenols is 1. The summed E-state index contributed by atoms with van der Waals surface area (Å²) in [6.45, 7) is 5.13. The Kier molecular flexibility index (Phi) is 11.0. The lowest BCUT2D eigenvalue weighted by Crippen LogP contribution is -2.58. The number of aromatic hydroxyl groups is 1. The first-order valence-electron chi connectivity index (χ1n) is 10.2. The van der Waals surface area contributed by atoms with E-state index in [0.29, 0.717) is 12.0 Å². The molecule has 0 saturated heterocycles. The molecule has 0 heterocycles. The maximum Gasteiger partial charge on any atom is 0.325 e. The summed E-state index contributed by atoms with van der Waals surface area (Å²) >= 11 is 4.11. The molecular weight excluding hydrogens is 436 g/mol. The number of phenolic OH excluding ortho intramolecular Hbond substituents is 1. The minimum atomic E-state index is -1.23. The summed E-state index contributed by atoms with van der Waals surface area (Å²) in [5.41, 5.74) is 6.48. The van der Waals surface area contributed by atoms with E-state index in [0.717, 1.165) is 0 Å². The number of benzene rings is 1. The topological polar surface area (TPSA) is 171 Å². The van der Waals surface area contributed by atoms with Gasteiger partial charge in [0.25, 0.3) is 0 Å². The van der Waals surface area contributed by atoms with Gasteiger partial charge in [0.05, 0.1) is 6.04 Å². The van der Waals surface area contributed by atoms with Gasteiger partial charge in [-0.3, -0.25) is 19.2 Å². The third-order valence-corrected chi connectivity index (χ3v) is 4.98. The molecular formula is C21H32N4O6S. The van der Waals surface area contributed by atoms with E-state index in [2.05, 4.69) is 28.6 Å². The van der Waals surface area contributed by atoms with E-state index in [1.54, 1.807) is 12.1 Å². The molecule has 10 nitrogen and oxygen atoms in total. The van der Waals surface area contributed by atoms with Crippen molar-refractivity contribution in [1.82, 2.24) is 16.0 Å². The van der Waals surface area contributed by atoms with Gasteiger partial charge in [0, 0.05) is 12.2 Å². The minimum absolute atomic E-state index is 0.0320. The molecule has 0 fully saturated rings. The van der Waals surface area contributed by atoms with Crippen LogP contribution in [0.2, 0.25) is 0 Å². The quantitative estimate of drug-likeness (QED) is 0.208. The van der Waals surface area contributed by atoms with Crippen LogP contribution in [0.5, 0.6) is 5.75 Å². The van der Waals surface area contributed by atoms with Crippen molar-refractivity contribution >= 4 is 36.3 Å². The van der Waals surface area contributed by atoms with E-state index in [9.17, 15) is 24.3 Å². The maximum atomic E-state index is 12.8. The normalized spacial score (nSPS) is 14.7. The summed E-state index contributed by atoms with van der Waals surface area (Å²) in [4.78, 5) is 48.8. The molecule has 11 heteroatoms. The molecule has 0 aliphatic heterocycles. The van der Waals surface area contributed by atoms with Crippen molar-refractivity contribution in [3.8, 4) is 5.75 Å². The van der Waals surface area contributed by atoms with Crippen molar-refractivity contribution < 1.29 is 29.4 Å². The van der Waals surface area contributed by atoms with E-state index in [1.807, 2.05) is 13.8 Å². The lowest BCUT2D eigenvalue weighted by molar-refractivity contribution is -0.141. The van der Waals surface area contributed by atoms with Gasteiger partial charge in [-0.2, -0.15) is 12.6 Å². The van der Waals surface area contributed by atoms with Crippen molar-refractivity contribution in [2.24, 2.45) is 11.7 Å². The number of carboxylic acid groups (broad SMARTS) is 1. The molecule has 1 rings (SSSR count). The Bertz CT molecular complexity index is 802. The van der Waals surface area contributed by atoms with Crippen molar-refractivity contribution in [3.63, 3.8) is 0 Å². The van der Waals surface area contributed by atoms with E-state index in [-0.39, 0.29) is 23.8 Å². The van der Waals surface area contributed by atoms with E-state index >= 15 is 0 Å². The van der Waals surface area contributed by atoms with Gasteiger partial charge < -0.3 is 31.9 Å². The fourth-order valence-corrected chi connectivity index (χ4v) is 3.07. The Hall–Kier alpha value is -2.79. The number of amides is 3. The molecule has 3 amide bonds. The van der Waals surface area contributed by atoms with Gasteiger partial charge in [-0.1, -0.05) is 26.0 Å². The molecule has 1 aromatic rings. The van der Waals surface area contributed by atoms with Crippen LogP contribution >= 0.6 is 12.6 Å². The molecule has 32 heavy (non-hydrogen) atoms. The van der Waals surface area contributed by atoms with Gasteiger partial charge in [0.15, 0.2) is 0 Å². The molecule has 178 valence electrons. The van der Waals surface area contributed by atoms with Gasteiger partial charge in [0.1, 0.15) is 23.9 Å². The van der Waals surface area contributed by atoms with Crippen molar-refractivity contribution in [2.45, 2.75) is 57.8 Å². The summed E-state index contributed by atoms with van der Waals surface area (Å²) in [6.07, 6.45) is 0.468. The number of carbonyl (C=O) groups is 4. The number of nitrogens with one attached hydrogen (secondary N) is 3.